The minimum absolute atomic E-state index is 0.0211. The fourth-order valence-corrected chi connectivity index (χ4v) is 2.42. The van der Waals surface area contributed by atoms with Gasteiger partial charge in [-0.15, -0.1) is 0 Å². The molecule has 2 aromatic carbocycles. The average Bonchev–Trinajstić information content (AvgIpc) is 2.47. The van der Waals surface area contributed by atoms with Gasteiger partial charge in [0.2, 0.25) is 5.75 Å². The minimum Gasteiger partial charge on any atom is -0.450 e. The number of nitro benzene ring substituents is 1. The zero-order valence-corrected chi connectivity index (χ0v) is 13.7. The molecule has 0 saturated carbocycles. The molecular formula is C16H16BrNO3. The van der Waals surface area contributed by atoms with Crippen LogP contribution in [0.2, 0.25) is 0 Å². The van der Waals surface area contributed by atoms with E-state index in [0.29, 0.717) is 11.1 Å². The quantitative estimate of drug-likeness (QED) is 0.432. The van der Waals surface area contributed by atoms with E-state index in [0.717, 1.165) is 22.3 Å². The minimum atomic E-state index is -0.415. The van der Waals surface area contributed by atoms with Crippen molar-refractivity contribution in [2.75, 3.05) is 0 Å². The lowest BCUT2D eigenvalue weighted by Gasteiger charge is -2.14. The SMILES string of the molecule is Cc1ccc(C)c(Oc2ccc(CBr)cc2[N+](=O)[O-])c1C. The van der Waals surface area contributed by atoms with Gasteiger partial charge >= 0.3 is 5.69 Å². The summed E-state index contributed by atoms with van der Waals surface area (Å²) in [4.78, 5) is 10.8. The number of nitrogens with zero attached hydrogens (tertiary/aromatic N) is 1. The van der Waals surface area contributed by atoms with Crippen molar-refractivity contribution in [3.63, 3.8) is 0 Å². The fourth-order valence-electron chi connectivity index (χ4n) is 2.07. The first-order valence-corrected chi connectivity index (χ1v) is 7.64. The molecule has 0 radical (unpaired) electrons. The maximum absolute atomic E-state index is 11.2. The van der Waals surface area contributed by atoms with Crippen LogP contribution in [0.3, 0.4) is 0 Å². The molecule has 110 valence electrons. The van der Waals surface area contributed by atoms with Crippen molar-refractivity contribution in [1.82, 2.24) is 0 Å². The lowest BCUT2D eigenvalue weighted by molar-refractivity contribution is -0.385. The molecule has 5 heteroatoms. The third-order valence-electron chi connectivity index (χ3n) is 3.46. The Morgan fingerprint density at radius 2 is 1.81 bits per heavy atom. The Balaban J connectivity index is 2.49. The van der Waals surface area contributed by atoms with E-state index in [1.54, 1.807) is 6.07 Å². The lowest BCUT2D eigenvalue weighted by Crippen LogP contribution is -1.98. The second kappa shape index (κ2) is 6.26. The van der Waals surface area contributed by atoms with E-state index in [-0.39, 0.29) is 11.4 Å². The first-order valence-electron chi connectivity index (χ1n) is 6.52. The van der Waals surface area contributed by atoms with E-state index >= 15 is 0 Å². The Hall–Kier alpha value is -1.88. The van der Waals surface area contributed by atoms with Crippen LogP contribution in [0.15, 0.2) is 30.3 Å². The molecule has 21 heavy (non-hydrogen) atoms. The molecule has 2 rings (SSSR count). The van der Waals surface area contributed by atoms with Crippen LogP contribution in [0, 0.1) is 30.9 Å². The number of benzene rings is 2. The number of nitro groups is 1. The summed E-state index contributed by atoms with van der Waals surface area (Å²) in [6, 6.07) is 8.97. The average molecular weight is 350 g/mol. The van der Waals surface area contributed by atoms with Gasteiger partial charge < -0.3 is 4.74 Å². The zero-order chi connectivity index (χ0) is 15.6. The van der Waals surface area contributed by atoms with Crippen LogP contribution in [-0.4, -0.2) is 4.92 Å². The molecule has 0 aromatic heterocycles. The standard InChI is InChI=1S/C16H16BrNO3/c1-10-4-5-11(2)16(12(10)3)21-15-7-6-13(9-17)8-14(15)18(19)20/h4-8H,9H2,1-3H3. The summed E-state index contributed by atoms with van der Waals surface area (Å²) < 4.78 is 5.86. The molecule has 0 atom stereocenters. The molecule has 0 spiro atoms. The van der Waals surface area contributed by atoms with Crippen LogP contribution >= 0.6 is 15.9 Å². The molecule has 0 aliphatic carbocycles. The Morgan fingerprint density at radius 3 is 2.43 bits per heavy atom. The van der Waals surface area contributed by atoms with Gasteiger partial charge in [0.05, 0.1) is 4.92 Å². The molecule has 0 aliphatic rings. The number of ether oxygens (including phenoxy) is 1. The van der Waals surface area contributed by atoms with E-state index in [1.165, 1.54) is 6.07 Å². The van der Waals surface area contributed by atoms with Crippen molar-refractivity contribution < 1.29 is 9.66 Å². The number of halogens is 1. The molecule has 0 heterocycles. The summed E-state index contributed by atoms with van der Waals surface area (Å²) in [5.74, 6) is 0.950. The summed E-state index contributed by atoms with van der Waals surface area (Å²) in [7, 11) is 0. The fraction of sp³-hybridized carbons (Fsp3) is 0.250. The van der Waals surface area contributed by atoms with Crippen molar-refractivity contribution in [2.24, 2.45) is 0 Å². The molecule has 4 nitrogen and oxygen atoms in total. The number of alkyl halides is 1. The summed E-state index contributed by atoms with van der Waals surface area (Å²) in [5, 5.41) is 11.8. The van der Waals surface area contributed by atoms with Gasteiger partial charge in [-0.3, -0.25) is 10.1 Å². The van der Waals surface area contributed by atoms with Crippen LogP contribution in [0.5, 0.6) is 11.5 Å². The van der Waals surface area contributed by atoms with E-state index in [4.69, 9.17) is 4.74 Å². The first-order chi connectivity index (χ1) is 9.93. The van der Waals surface area contributed by atoms with Crippen LogP contribution in [0.25, 0.3) is 0 Å². The second-order valence-electron chi connectivity index (χ2n) is 4.95. The van der Waals surface area contributed by atoms with Gasteiger partial charge in [0.1, 0.15) is 5.75 Å². The van der Waals surface area contributed by atoms with Gasteiger partial charge in [-0.1, -0.05) is 34.1 Å². The molecular weight excluding hydrogens is 334 g/mol. The van der Waals surface area contributed by atoms with Crippen molar-refractivity contribution in [1.29, 1.82) is 0 Å². The van der Waals surface area contributed by atoms with Crippen LogP contribution < -0.4 is 4.74 Å². The predicted octanol–water partition coefficient (Wildman–Crippen LogP) is 5.21. The molecule has 0 fully saturated rings. The highest BCUT2D eigenvalue weighted by molar-refractivity contribution is 9.08. The molecule has 2 aromatic rings. The smallest absolute Gasteiger partial charge is 0.311 e. The number of rotatable bonds is 4. The molecule has 0 unspecified atom stereocenters. The summed E-state index contributed by atoms with van der Waals surface area (Å²) in [6.07, 6.45) is 0. The Morgan fingerprint density at radius 1 is 1.14 bits per heavy atom. The largest absolute Gasteiger partial charge is 0.450 e. The number of hydrogen-bond donors (Lipinski definition) is 0. The van der Waals surface area contributed by atoms with Crippen LogP contribution in [0.1, 0.15) is 22.3 Å². The van der Waals surface area contributed by atoms with Gasteiger partial charge in [0, 0.05) is 11.4 Å². The Labute approximate surface area is 132 Å². The van der Waals surface area contributed by atoms with Gasteiger partial charge in [-0.05, 0) is 49.1 Å². The van der Waals surface area contributed by atoms with Crippen molar-refractivity contribution in [2.45, 2.75) is 26.1 Å². The molecule has 0 N–H and O–H groups in total. The van der Waals surface area contributed by atoms with E-state index in [1.807, 2.05) is 39.0 Å². The van der Waals surface area contributed by atoms with Crippen LogP contribution in [0.4, 0.5) is 5.69 Å². The number of hydrogen-bond acceptors (Lipinski definition) is 3. The second-order valence-corrected chi connectivity index (χ2v) is 5.51. The summed E-state index contributed by atoms with van der Waals surface area (Å²) in [5.41, 5.74) is 3.86. The first kappa shape index (κ1) is 15.5. The highest BCUT2D eigenvalue weighted by atomic mass is 79.9. The lowest BCUT2D eigenvalue weighted by atomic mass is 10.1. The molecule has 0 bridgehead atoms. The normalized spacial score (nSPS) is 10.5. The maximum atomic E-state index is 11.2. The summed E-state index contributed by atoms with van der Waals surface area (Å²) in [6.45, 7) is 5.88. The van der Waals surface area contributed by atoms with Gasteiger partial charge in [0.15, 0.2) is 0 Å². The molecule has 0 aliphatic heterocycles. The Bertz CT molecular complexity index is 698. The molecule has 0 saturated heterocycles. The van der Waals surface area contributed by atoms with Gasteiger partial charge in [0.25, 0.3) is 0 Å². The third kappa shape index (κ3) is 3.24. The third-order valence-corrected chi connectivity index (χ3v) is 4.11. The highest BCUT2D eigenvalue weighted by Crippen LogP contribution is 2.36. The molecule has 0 amide bonds. The van der Waals surface area contributed by atoms with E-state index in [9.17, 15) is 10.1 Å². The predicted molar refractivity (Wildman–Crippen MR) is 86.5 cm³/mol. The maximum Gasteiger partial charge on any atom is 0.311 e. The zero-order valence-electron chi connectivity index (χ0n) is 12.1. The van der Waals surface area contributed by atoms with Crippen molar-refractivity contribution in [3.05, 3.63) is 62.7 Å². The van der Waals surface area contributed by atoms with Gasteiger partial charge in [-0.2, -0.15) is 0 Å². The van der Waals surface area contributed by atoms with Crippen molar-refractivity contribution >= 4 is 21.6 Å². The summed E-state index contributed by atoms with van der Waals surface area (Å²) >= 11 is 3.30. The van der Waals surface area contributed by atoms with Gasteiger partial charge in [-0.25, -0.2) is 0 Å². The van der Waals surface area contributed by atoms with E-state index in [2.05, 4.69) is 15.9 Å². The Kier molecular flexibility index (Phi) is 4.63. The highest BCUT2D eigenvalue weighted by Gasteiger charge is 2.18. The topological polar surface area (TPSA) is 52.4 Å². The van der Waals surface area contributed by atoms with Crippen molar-refractivity contribution in [3.8, 4) is 11.5 Å². The number of aryl methyl sites for hydroxylation is 2. The van der Waals surface area contributed by atoms with Crippen LogP contribution in [-0.2, 0) is 5.33 Å². The van der Waals surface area contributed by atoms with E-state index < -0.39 is 4.92 Å². The monoisotopic (exact) mass is 349 g/mol.